The normalized spacial score (nSPS) is 16.0. The number of anilines is 1. The third kappa shape index (κ3) is 3.71. The van der Waals surface area contributed by atoms with E-state index < -0.39 is 0 Å². The first-order valence-corrected chi connectivity index (χ1v) is 9.10. The minimum Gasteiger partial charge on any atom is -0.355 e. The summed E-state index contributed by atoms with van der Waals surface area (Å²) in [5.41, 5.74) is 1.63. The zero-order valence-electron chi connectivity index (χ0n) is 16.3. The van der Waals surface area contributed by atoms with Gasteiger partial charge in [0, 0.05) is 38.6 Å². The number of hydrogen-bond donors (Lipinski definition) is 0. The average molecular weight is 356 g/mol. The molecule has 1 amide bonds. The molecule has 0 N–H and O–H groups in total. The lowest BCUT2D eigenvalue weighted by molar-refractivity contribution is 0.0699. The molecular weight excluding hydrogens is 328 g/mol. The summed E-state index contributed by atoms with van der Waals surface area (Å²) in [6.07, 6.45) is 5.12. The lowest BCUT2D eigenvalue weighted by atomic mass is 9.92. The van der Waals surface area contributed by atoms with Gasteiger partial charge in [-0.15, -0.1) is 5.10 Å². The van der Waals surface area contributed by atoms with Crippen molar-refractivity contribution >= 4 is 11.7 Å². The molecule has 26 heavy (non-hydrogen) atoms. The van der Waals surface area contributed by atoms with Crippen molar-refractivity contribution < 1.29 is 4.79 Å². The molecule has 1 saturated heterocycles. The van der Waals surface area contributed by atoms with Crippen LogP contribution in [0.5, 0.6) is 0 Å². The van der Waals surface area contributed by atoms with Crippen molar-refractivity contribution in [1.82, 2.24) is 24.6 Å². The van der Waals surface area contributed by atoms with Gasteiger partial charge in [-0.2, -0.15) is 5.10 Å². The molecule has 2 aromatic rings. The van der Waals surface area contributed by atoms with Crippen LogP contribution in [0.25, 0.3) is 0 Å². The molecule has 0 aromatic carbocycles. The molecular formula is C19H28N6O. The van der Waals surface area contributed by atoms with Gasteiger partial charge in [-0.1, -0.05) is 20.8 Å². The third-order valence-corrected chi connectivity index (χ3v) is 5.11. The number of aromatic nitrogens is 4. The van der Waals surface area contributed by atoms with E-state index in [-0.39, 0.29) is 17.4 Å². The Hall–Kier alpha value is -2.44. The number of piperidine rings is 1. The number of aryl methyl sites for hydroxylation is 1. The number of carbonyl (C=O) groups excluding carboxylic acids is 1. The standard InChI is InChI=1S/C19H28N6O/c1-19(2,3)16-6-7-17(22-21-16)25-10-8-14(9-11-25)24(5)18(26)15-12-20-13-23(15)4/h6-7,12-14H,8-11H2,1-5H3. The van der Waals surface area contributed by atoms with E-state index >= 15 is 0 Å². The fraction of sp³-hybridized carbons (Fsp3) is 0.579. The highest BCUT2D eigenvalue weighted by Crippen LogP contribution is 2.24. The number of hydrogen-bond acceptors (Lipinski definition) is 5. The van der Waals surface area contributed by atoms with Gasteiger partial charge < -0.3 is 14.4 Å². The van der Waals surface area contributed by atoms with Crippen LogP contribution >= 0.6 is 0 Å². The van der Waals surface area contributed by atoms with E-state index in [0.717, 1.165) is 37.4 Å². The largest absolute Gasteiger partial charge is 0.355 e. The van der Waals surface area contributed by atoms with Gasteiger partial charge in [0.15, 0.2) is 5.82 Å². The SMILES string of the molecule is CN(C(=O)c1cncn1C)C1CCN(c2ccc(C(C)(C)C)nn2)CC1. The Kier molecular flexibility index (Phi) is 4.98. The Labute approximate surface area is 155 Å². The summed E-state index contributed by atoms with van der Waals surface area (Å²) in [4.78, 5) is 20.8. The zero-order chi connectivity index (χ0) is 18.9. The molecule has 0 atom stereocenters. The fourth-order valence-electron chi connectivity index (χ4n) is 3.29. The molecule has 0 spiro atoms. The summed E-state index contributed by atoms with van der Waals surface area (Å²) < 4.78 is 1.76. The van der Waals surface area contributed by atoms with Crippen molar-refractivity contribution in [2.24, 2.45) is 7.05 Å². The second kappa shape index (κ2) is 7.05. The summed E-state index contributed by atoms with van der Waals surface area (Å²) in [6.45, 7) is 8.15. The number of amides is 1. The van der Waals surface area contributed by atoms with Crippen LogP contribution in [0.4, 0.5) is 5.82 Å². The minimum atomic E-state index is 0.00734. The van der Waals surface area contributed by atoms with E-state index in [9.17, 15) is 4.79 Å². The van der Waals surface area contributed by atoms with Crippen molar-refractivity contribution in [3.63, 3.8) is 0 Å². The van der Waals surface area contributed by atoms with Gasteiger partial charge in [0.25, 0.3) is 5.91 Å². The molecule has 0 saturated carbocycles. The topological polar surface area (TPSA) is 67.2 Å². The second-order valence-electron chi connectivity index (χ2n) is 8.05. The fourth-order valence-corrected chi connectivity index (χ4v) is 3.29. The van der Waals surface area contributed by atoms with Gasteiger partial charge in [0.05, 0.1) is 18.2 Å². The van der Waals surface area contributed by atoms with Gasteiger partial charge in [0.1, 0.15) is 5.69 Å². The third-order valence-electron chi connectivity index (χ3n) is 5.11. The Morgan fingerprint density at radius 1 is 1.19 bits per heavy atom. The molecule has 3 heterocycles. The van der Waals surface area contributed by atoms with Gasteiger partial charge in [-0.25, -0.2) is 4.98 Å². The smallest absolute Gasteiger partial charge is 0.272 e. The van der Waals surface area contributed by atoms with Crippen LogP contribution in [0.1, 0.15) is 49.8 Å². The second-order valence-corrected chi connectivity index (χ2v) is 8.05. The molecule has 1 fully saturated rings. The van der Waals surface area contributed by atoms with Crippen molar-refractivity contribution in [2.45, 2.75) is 45.1 Å². The molecule has 7 nitrogen and oxygen atoms in total. The summed E-state index contributed by atoms with van der Waals surface area (Å²) in [5.74, 6) is 0.940. The van der Waals surface area contributed by atoms with Crippen molar-refractivity contribution in [3.8, 4) is 0 Å². The summed E-state index contributed by atoms with van der Waals surface area (Å²) in [5, 5.41) is 8.79. The maximum absolute atomic E-state index is 12.6. The Balaban J connectivity index is 1.60. The lowest BCUT2D eigenvalue weighted by Crippen LogP contribution is -2.46. The highest BCUT2D eigenvalue weighted by molar-refractivity contribution is 5.92. The van der Waals surface area contributed by atoms with Crippen molar-refractivity contribution in [2.75, 3.05) is 25.0 Å². The van der Waals surface area contributed by atoms with Crippen molar-refractivity contribution in [3.05, 3.63) is 36.0 Å². The monoisotopic (exact) mass is 356 g/mol. The van der Waals surface area contributed by atoms with E-state index in [1.807, 2.05) is 19.0 Å². The van der Waals surface area contributed by atoms with Crippen LogP contribution in [-0.4, -0.2) is 56.7 Å². The van der Waals surface area contributed by atoms with Gasteiger partial charge in [-0.05, 0) is 25.0 Å². The van der Waals surface area contributed by atoms with E-state index in [2.05, 4.69) is 53.0 Å². The van der Waals surface area contributed by atoms with Crippen LogP contribution < -0.4 is 4.90 Å². The summed E-state index contributed by atoms with van der Waals surface area (Å²) in [7, 11) is 3.73. The molecule has 0 radical (unpaired) electrons. The van der Waals surface area contributed by atoms with Crippen LogP contribution in [-0.2, 0) is 12.5 Å². The molecule has 3 rings (SSSR count). The first-order chi connectivity index (χ1) is 12.3. The molecule has 1 aliphatic rings. The van der Waals surface area contributed by atoms with Gasteiger partial charge >= 0.3 is 0 Å². The molecule has 2 aromatic heterocycles. The molecule has 0 unspecified atom stereocenters. The van der Waals surface area contributed by atoms with Crippen LogP contribution in [0.15, 0.2) is 24.7 Å². The predicted octanol–water partition coefficient (Wildman–Crippen LogP) is 2.25. The molecule has 1 aliphatic heterocycles. The highest BCUT2D eigenvalue weighted by Gasteiger charge is 2.28. The Morgan fingerprint density at radius 3 is 2.38 bits per heavy atom. The number of rotatable bonds is 3. The Morgan fingerprint density at radius 2 is 1.88 bits per heavy atom. The first-order valence-electron chi connectivity index (χ1n) is 9.10. The van der Waals surface area contributed by atoms with Crippen LogP contribution in [0.3, 0.4) is 0 Å². The van der Waals surface area contributed by atoms with Crippen LogP contribution in [0.2, 0.25) is 0 Å². The van der Waals surface area contributed by atoms with Gasteiger partial charge in [0.2, 0.25) is 0 Å². The predicted molar refractivity (Wildman–Crippen MR) is 101 cm³/mol. The van der Waals surface area contributed by atoms with E-state index in [4.69, 9.17) is 0 Å². The lowest BCUT2D eigenvalue weighted by Gasteiger charge is -2.37. The molecule has 7 heteroatoms. The average Bonchev–Trinajstić information content (AvgIpc) is 3.06. The van der Waals surface area contributed by atoms with Crippen molar-refractivity contribution in [1.29, 1.82) is 0 Å². The first kappa shape index (κ1) is 18.4. The number of nitrogens with zero attached hydrogens (tertiary/aromatic N) is 6. The summed E-state index contributed by atoms with van der Waals surface area (Å²) >= 11 is 0. The van der Waals surface area contributed by atoms with E-state index in [0.29, 0.717) is 5.69 Å². The highest BCUT2D eigenvalue weighted by atomic mass is 16.2. The van der Waals surface area contributed by atoms with Crippen LogP contribution in [0, 0.1) is 0 Å². The van der Waals surface area contributed by atoms with E-state index in [1.165, 1.54) is 0 Å². The zero-order valence-corrected chi connectivity index (χ0v) is 16.3. The maximum Gasteiger partial charge on any atom is 0.272 e. The minimum absolute atomic E-state index is 0.00734. The van der Waals surface area contributed by atoms with Gasteiger partial charge in [-0.3, -0.25) is 4.79 Å². The molecule has 0 aliphatic carbocycles. The quantitative estimate of drug-likeness (QED) is 0.844. The molecule has 140 valence electrons. The maximum atomic E-state index is 12.6. The number of carbonyl (C=O) groups is 1. The number of imidazole rings is 1. The van der Waals surface area contributed by atoms with E-state index in [1.54, 1.807) is 17.1 Å². The summed E-state index contributed by atoms with van der Waals surface area (Å²) in [6, 6.07) is 4.35. The molecule has 0 bridgehead atoms. The Bertz CT molecular complexity index is 753.